The fraction of sp³-hybridized carbons (Fsp3) is 0.118. The van der Waals surface area contributed by atoms with Crippen molar-refractivity contribution in [2.45, 2.75) is 0 Å². The molecule has 1 aromatic heterocycles. The lowest BCUT2D eigenvalue weighted by Gasteiger charge is -2.04. The van der Waals surface area contributed by atoms with Crippen molar-refractivity contribution in [2.24, 2.45) is 0 Å². The average molecular weight is 334 g/mol. The summed E-state index contributed by atoms with van der Waals surface area (Å²) < 4.78 is 24.4. The van der Waals surface area contributed by atoms with Crippen molar-refractivity contribution in [2.75, 3.05) is 14.2 Å². The maximum Gasteiger partial charge on any atom is 0.255 e. The van der Waals surface area contributed by atoms with Gasteiger partial charge in [-0.2, -0.15) is 0 Å². The number of carbonyl (C=O) groups excluding carboxylic acids is 1. The Morgan fingerprint density at radius 3 is 2.70 bits per heavy atom. The minimum absolute atomic E-state index is 0.0385. The first-order chi connectivity index (χ1) is 11.0. The Labute approximate surface area is 136 Å². The van der Waals surface area contributed by atoms with Gasteiger partial charge < -0.3 is 14.5 Å². The molecule has 0 saturated carbocycles. The van der Waals surface area contributed by atoms with Crippen LogP contribution in [0.5, 0.6) is 5.75 Å². The van der Waals surface area contributed by atoms with Crippen LogP contribution < -0.4 is 10.1 Å². The van der Waals surface area contributed by atoms with Crippen LogP contribution in [0.3, 0.4) is 0 Å². The molecule has 118 valence electrons. The molecule has 0 aliphatic rings. The SMILES string of the molecule is CNC(=O)c1c(-c2ccc(F)c(Cl)c2)oc2ccc(OC)cc12. The lowest BCUT2D eigenvalue weighted by molar-refractivity contribution is 0.0964. The van der Waals surface area contributed by atoms with Crippen LogP contribution in [0.2, 0.25) is 5.02 Å². The van der Waals surface area contributed by atoms with Crippen LogP contribution in [-0.2, 0) is 0 Å². The Morgan fingerprint density at radius 2 is 2.04 bits per heavy atom. The standard InChI is InChI=1S/C17H13ClFNO3/c1-20-17(21)15-11-8-10(22-2)4-6-14(11)23-16(15)9-3-5-13(19)12(18)7-9/h3-8H,1-2H3,(H,20,21). The van der Waals surface area contributed by atoms with Gasteiger partial charge in [-0.15, -0.1) is 0 Å². The highest BCUT2D eigenvalue weighted by molar-refractivity contribution is 6.31. The zero-order chi connectivity index (χ0) is 16.6. The van der Waals surface area contributed by atoms with Gasteiger partial charge in [0, 0.05) is 18.0 Å². The summed E-state index contributed by atoms with van der Waals surface area (Å²) in [6.07, 6.45) is 0. The predicted molar refractivity (Wildman–Crippen MR) is 86.6 cm³/mol. The highest BCUT2D eigenvalue weighted by Gasteiger charge is 2.22. The van der Waals surface area contributed by atoms with E-state index < -0.39 is 5.82 Å². The van der Waals surface area contributed by atoms with Crippen molar-refractivity contribution in [1.29, 1.82) is 0 Å². The summed E-state index contributed by atoms with van der Waals surface area (Å²) in [6.45, 7) is 0. The second-order valence-electron chi connectivity index (χ2n) is 4.88. The molecule has 0 unspecified atom stereocenters. The maximum atomic E-state index is 13.4. The lowest BCUT2D eigenvalue weighted by atomic mass is 10.0. The Bertz CT molecular complexity index is 904. The maximum absolute atomic E-state index is 13.4. The number of hydrogen-bond donors (Lipinski definition) is 1. The van der Waals surface area contributed by atoms with E-state index in [9.17, 15) is 9.18 Å². The number of carbonyl (C=O) groups is 1. The first-order valence-corrected chi connectivity index (χ1v) is 7.21. The summed E-state index contributed by atoms with van der Waals surface area (Å²) in [4.78, 5) is 12.3. The monoisotopic (exact) mass is 333 g/mol. The van der Waals surface area contributed by atoms with Crippen LogP contribution in [0.25, 0.3) is 22.3 Å². The summed E-state index contributed by atoms with van der Waals surface area (Å²) >= 11 is 5.84. The van der Waals surface area contributed by atoms with E-state index in [-0.39, 0.29) is 10.9 Å². The molecule has 3 rings (SSSR count). The highest BCUT2D eigenvalue weighted by atomic mass is 35.5. The number of nitrogens with one attached hydrogen (secondary N) is 1. The number of benzene rings is 2. The topological polar surface area (TPSA) is 51.5 Å². The third-order valence-corrected chi connectivity index (χ3v) is 3.82. The van der Waals surface area contributed by atoms with Gasteiger partial charge in [-0.3, -0.25) is 4.79 Å². The van der Waals surface area contributed by atoms with Gasteiger partial charge in [-0.05, 0) is 36.4 Å². The van der Waals surface area contributed by atoms with E-state index >= 15 is 0 Å². The van der Waals surface area contributed by atoms with E-state index in [1.165, 1.54) is 25.2 Å². The molecule has 3 aromatic rings. The summed E-state index contributed by atoms with van der Waals surface area (Å²) in [5, 5.41) is 3.16. The van der Waals surface area contributed by atoms with Gasteiger partial charge in [0.05, 0.1) is 17.7 Å². The Hall–Kier alpha value is -2.53. The molecular weight excluding hydrogens is 321 g/mol. The second kappa shape index (κ2) is 5.93. The zero-order valence-corrected chi connectivity index (χ0v) is 13.2. The van der Waals surface area contributed by atoms with Crippen molar-refractivity contribution in [3.05, 3.63) is 52.8 Å². The van der Waals surface area contributed by atoms with Crippen LogP contribution >= 0.6 is 11.6 Å². The van der Waals surface area contributed by atoms with E-state index in [1.54, 1.807) is 25.3 Å². The van der Waals surface area contributed by atoms with Crippen LogP contribution in [-0.4, -0.2) is 20.1 Å². The number of methoxy groups -OCH3 is 1. The fourth-order valence-electron chi connectivity index (χ4n) is 2.39. The Kier molecular flexibility index (Phi) is 3.96. The minimum atomic E-state index is -0.533. The van der Waals surface area contributed by atoms with Gasteiger partial charge >= 0.3 is 0 Å². The van der Waals surface area contributed by atoms with E-state index in [0.29, 0.717) is 33.6 Å². The number of rotatable bonds is 3. The molecule has 6 heteroatoms. The molecule has 4 nitrogen and oxygen atoms in total. The molecule has 0 spiro atoms. The first kappa shape index (κ1) is 15.4. The summed E-state index contributed by atoms with van der Waals surface area (Å²) in [5.41, 5.74) is 1.40. The Balaban J connectivity index is 2.30. The summed E-state index contributed by atoms with van der Waals surface area (Å²) in [6, 6.07) is 9.36. The molecule has 1 heterocycles. The normalized spacial score (nSPS) is 10.8. The molecule has 2 aromatic carbocycles. The van der Waals surface area contributed by atoms with Crippen LogP contribution in [0.4, 0.5) is 4.39 Å². The van der Waals surface area contributed by atoms with Crippen LogP contribution in [0, 0.1) is 5.82 Å². The fourth-order valence-corrected chi connectivity index (χ4v) is 2.58. The molecule has 23 heavy (non-hydrogen) atoms. The van der Waals surface area contributed by atoms with Gasteiger partial charge in [-0.1, -0.05) is 11.6 Å². The molecule has 1 amide bonds. The van der Waals surface area contributed by atoms with E-state index in [0.717, 1.165) is 0 Å². The van der Waals surface area contributed by atoms with Crippen molar-refractivity contribution in [1.82, 2.24) is 5.32 Å². The second-order valence-corrected chi connectivity index (χ2v) is 5.28. The number of amides is 1. The van der Waals surface area contributed by atoms with Gasteiger partial charge in [0.1, 0.15) is 22.9 Å². The Morgan fingerprint density at radius 1 is 1.26 bits per heavy atom. The third-order valence-electron chi connectivity index (χ3n) is 3.53. The molecule has 0 bridgehead atoms. The molecule has 1 N–H and O–H groups in total. The lowest BCUT2D eigenvalue weighted by Crippen LogP contribution is -2.18. The van der Waals surface area contributed by atoms with Gasteiger partial charge in [-0.25, -0.2) is 4.39 Å². The van der Waals surface area contributed by atoms with Crippen molar-refractivity contribution < 1.29 is 18.3 Å². The minimum Gasteiger partial charge on any atom is -0.497 e. The first-order valence-electron chi connectivity index (χ1n) is 6.83. The number of furan rings is 1. The molecule has 0 fully saturated rings. The predicted octanol–water partition coefficient (Wildman–Crippen LogP) is 4.26. The average Bonchev–Trinajstić information content (AvgIpc) is 2.95. The number of hydrogen-bond acceptors (Lipinski definition) is 3. The molecule has 0 saturated heterocycles. The van der Waals surface area contributed by atoms with Crippen molar-refractivity contribution in [3.8, 4) is 17.1 Å². The third kappa shape index (κ3) is 2.64. The van der Waals surface area contributed by atoms with Crippen molar-refractivity contribution in [3.63, 3.8) is 0 Å². The molecule has 0 aliphatic heterocycles. The molecular formula is C17H13ClFNO3. The largest absolute Gasteiger partial charge is 0.497 e. The van der Waals surface area contributed by atoms with Crippen LogP contribution in [0.1, 0.15) is 10.4 Å². The van der Waals surface area contributed by atoms with E-state index in [2.05, 4.69) is 5.32 Å². The molecule has 0 radical (unpaired) electrons. The van der Waals surface area contributed by atoms with Gasteiger partial charge in [0.2, 0.25) is 0 Å². The smallest absolute Gasteiger partial charge is 0.255 e. The van der Waals surface area contributed by atoms with E-state index in [4.69, 9.17) is 20.8 Å². The summed E-state index contributed by atoms with van der Waals surface area (Å²) in [7, 11) is 3.07. The number of fused-ring (bicyclic) bond motifs is 1. The highest BCUT2D eigenvalue weighted by Crippen LogP contribution is 2.36. The molecule has 0 aliphatic carbocycles. The summed E-state index contributed by atoms with van der Waals surface area (Å²) in [5.74, 6) is 0.0868. The van der Waals surface area contributed by atoms with Gasteiger partial charge in [0.25, 0.3) is 5.91 Å². The number of halogens is 2. The quantitative estimate of drug-likeness (QED) is 0.779. The van der Waals surface area contributed by atoms with Gasteiger partial charge in [0.15, 0.2) is 0 Å². The van der Waals surface area contributed by atoms with E-state index in [1.807, 2.05) is 0 Å². The zero-order valence-electron chi connectivity index (χ0n) is 12.4. The molecule has 0 atom stereocenters. The van der Waals surface area contributed by atoms with Crippen LogP contribution in [0.15, 0.2) is 40.8 Å². The van der Waals surface area contributed by atoms with Crippen molar-refractivity contribution >= 4 is 28.5 Å². The number of ether oxygens (including phenoxy) is 1.